The minimum absolute atomic E-state index is 0.0527. The maximum absolute atomic E-state index is 11.7. The average molecular weight is 335 g/mol. The summed E-state index contributed by atoms with van der Waals surface area (Å²) in [5.41, 5.74) is 1.22. The first-order valence-electron chi connectivity index (χ1n) is 8.79. The minimum atomic E-state index is -0.0527. The number of likely N-dealkylation sites (tertiary alicyclic amines) is 1. The lowest BCUT2D eigenvalue weighted by molar-refractivity contribution is 0.0839. The van der Waals surface area contributed by atoms with E-state index in [0.29, 0.717) is 18.4 Å². The van der Waals surface area contributed by atoms with Gasteiger partial charge in [-0.2, -0.15) is 0 Å². The van der Waals surface area contributed by atoms with Crippen molar-refractivity contribution in [2.24, 2.45) is 11.8 Å². The fraction of sp³-hybridized carbons (Fsp3) is 0.722. The molecule has 0 spiro atoms. The van der Waals surface area contributed by atoms with Gasteiger partial charge in [-0.1, -0.05) is 0 Å². The molecular weight excluding hydrogens is 306 g/mol. The third-order valence-corrected chi connectivity index (χ3v) is 5.34. The van der Waals surface area contributed by atoms with Gasteiger partial charge in [0, 0.05) is 33.1 Å². The molecule has 1 aromatic rings. The predicted molar refractivity (Wildman–Crippen MR) is 91.9 cm³/mol. The molecule has 134 valence electrons. The van der Waals surface area contributed by atoms with E-state index in [2.05, 4.69) is 23.2 Å². The van der Waals surface area contributed by atoms with Crippen LogP contribution in [0.4, 0.5) is 4.79 Å². The summed E-state index contributed by atoms with van der Waals surface area (Å²) in [7, 11) is 3.51. The lowest BCUT2D eigenvalue weighted by Crippen LogP contribution is -2.45. The molecule has 0 saturated carbocycles. The average Bonchev–Trinajstić information content (AvgIpc) is 3.08. The lowest BCUT2D eigenvalue weighted by Gasteiger charge is -2.35. The van der Waals surface area contributed by atoms with E-state index in [1.165, 1.54) is 5.56 Å². The number of furan rings is 1. The standard InChI is InChI=1S/C18H29N3O3/c1-12-7-15(24-13(12)2)10-21-6-5-16-14(9-21)11-23-17(16)8-19-18(22)20(3)4/h7,14,16-17H,5-6,8-11H2,1-4H3,(H,19,22)/t14-,16-,17-/m0/s1. The van der Waals surface area contributed by atoms with Crippen molar-refractivity contribution >= 4 is 6.03 Å². The van der Waals surface area contributed by atoms with Crippen molar-refractivity contribution in [2.45, 2.75) is 32.9 Å². The molecule has 1 aromatic heterocycles. The van der Waals surface area contributed by atoms with Crippen LogP contribution in [0.25, 0.3) is 0 Å². The number of carbonyl (C=O) groups excluding carboxylic acids is 1. The molecule has 24 heavy (non-hydrogen) atoms. The van der Waals surface area contributed by atoms with Gasteiger partial charge in [-0.25, -0.2) is 4.79 Å². The summed E-state index contributed by atoms with van der Waals surface area (Å²) in [5.74, 6) is 3.17. The maximum atomic E-state index is 11.7. The van der Waals surface area contributed by atoms with Crippen LogP contribution in [-0.4, -0.2) is 62.3 Å². The van der Waals surface area contributed by atoms with E-state index in [1.54, 1.807) is 19.0 Å². The molecular formula is C18H29N3O3. The number of rotatable bonds is 4. The van der Waals surface area contributed by atoms with E-state index in [-0.39, 0.29) is 12.1 Å². The van der Waals surface area contributed by atoms with Gasteiger partial charge in [0.2, 0.25) is 0 Å². The Morgan fingerprint density at radius 3 is 2.88 bits per heavy atom. The molecule has 2 amide bonds. The molecule has 2 aliphatic heterocycles. The monoisotopic (exact) mass is 335 g/mol. The Bertz CT molecular complexity index is 565. The number of fused-ring (bicyclic) bond motifs is 1. The van der Waals surface area contributed by atoms with Gasteiger partial charge in [0.05, 0.1) is 19.3 Å². The van der Waals surface area contributed by atoms with E-state index >= 15 is 0 Å². The van der Waals surface area contributed by atoms with E-state index in [0.717, 1.165) is 44.2 Å². The molecule has 2 saturated heterocycles. The summed E-state index contributed by atoms with van der Waals surface area (Å²) in [6, 6.07) is 2.09. The Balaban J connectivity index is 1.50. The van der Waals surface area contributed by atoms with Crippen LogP contribution in [0.15, 0.2) is 10.5 Å². The fourth-order valence-electron chi connectivity index (χ4n) is 3.81. The number of aryl methyl sites for hydroxylation is 2. The van der Waals surface area contributed by atoms with Gasteiger partial charge in [0.15, 0.2) is 0 Å². The first-order valence-corrected chi connectivity index (χ1v) is 8.79. The molecule has 1 N–H and O–H groups in total. The van der Waals surface area contributed by atoms with Crippen LogP contribution in [0.2, 0.25) is 0 Å². The molecule has 3 atom stereocenters. The normalized spacial score (nSPS) is 27.1. The van der Waals surface area contributed by atoms with Crippen LogP contribution in [0.1, 0.15) is 23.5 Å². The molecule has 6 nitrogen and oxygen atoms in total. The van der Waals surface area contributed by atoms with E-state index < -0.39 is 0 Å². The largest absolute Gasteiger partial charge is 0.465 e. The van der Waals surface area contributed by atoms with Crippen LogP contribution >= 0.6 is 0 Å². The van der Waals surface area contributed by atoms with Crippen molar-refractivity contribution in [1.29, 1.82) is 0 Å². The van der Waals surface area contributed by atoms with Crippen LogP contribution in [0.3, 0.4) is 0 Å². The highest BCUT2D eigenvalue weighted by atomic mass is 16.5. The van der Waals surface area contributed by atoms with E-state index in [1.807, 2.05) is 6.92 Å². The number of urea groups is 1. The first-order chi connectivity index (χ1) is 11.4. The summed E-state index contributed by atoms with van der Waals surface area (Å²) in [6.45, 7) is 8.48. The Morgan fingerprint density at radius 2 is 2.21 bits per heavy atom. The summed E-state index contributed by atoms with van der Waals surface area (Å²) < 4.78 is 11.8. The number of hydrogen-bond acceptors (Lipinski definition) is 4. The zero-order valence-electron chi connectivity index (χ0n) is 15.2. The predicted octanol–water partition coefficient (Wildman–Crippen LogP) is 2.00. The number of piperidine rings is 1. The number of amides is 2. The summed E-state index contributed by atoms with van der Waals surface area (Å²) in [6.07, 6.45) is 1.26. The Morgan fingerprint density at radius 1 is 1.42 bits per heavy atom. The highest BCUT2D eigenvalue weighted by Crippen LogP contribution is 2.34. The van der Waals surface area contributed by atoms with Gasteiger partial charge in [0.25, 0.3) is 0 Å². The van der Waals surface area contributed by atoms with Crippen molar-refractivity contribution in [3.8, 4) is 0 Å². The van der Waals surface area contributed by atoms with E-state index in [4.69, 9.17) is 9.15 Å². The molecule has 0 aromatic carbocycles. The second kappa shape index (κ2) is 7.15. The number of ether oxygens (including phenoxy) is 1. The van der Waals surface area contributed by atoms with Crippen molar-refractivity contribution in [2.75, 3.05) is 40.3 Å². The summed E-state index contributed by atoms with van der Waals surface area (Å²) in [4.78, 5) is 15.7. The number of carbonyl (C=O) groups is 1. The quantitative estimate of drug-likeness (QED) is 0.914. The highest BCUT2D eigenvalue weighted by Gasteiger charge is 2.40. The Labute approximate surface area is 144 Å². The molecule has 0 unspecified atom stereocenters. The summed E-state index contributed by atoms with van der Waals surface area (Å²) in [5, 5.41) is 2.95. The topological polar surface area (TPSA) is 58.0 Å². The van der Waals surface area contributed by atoms with E-state index in [9.17, 15) is 4.79 Å². The molecule has 3 heterocycles. The van der Waals surface area contributed by atoms with Gasteiger partial charge < -0.3 is 19.4 Å². The third kappa shape index (κ3) is 3.75. The first kappa shape index (κ1) is 17.3. The fourth-order valence-corrected chi connectivity index (χ4v) is 3.81. The van der Waals surface area contributed by atoms with Gasteiger partial charge in [0.1, 0.15) is 11.5 Å². The van der Waals surface area contributed by atoms with Crippen molar-refractivity contribution in [1.82, 2.24) is 15.1 Å². The number of hydrogen-bond donors (Lipinski definition) is 1. The third-order valence-electron chi connectivity index (χ3n) is 5.34. The molecule has 0 aliphatic carbocycles. The molecule has 3 rings (SSSR count). The van der Waals surface area contributed by atoms with Gasteiger partial charge in [-0.3, -0.25) is 4.90 Å². The van der Waals surface area contributed by atoms with Crippen LogP contribution < -0.4 is 5.32 Å². The second-order valence-corrected chi connectivity index (χ2v) is 7.35. The van der Waals surface area contributed by atoms with Gasteiger partial charge in [-0.05, 0) is 44.4 Å². The zero-order chi connectivity index (χ0) is 17.3. The molecule has 0 bridgehead atoms. The summed E-state index contributed by atoms with van der Waals surface area (Å²) >= 11 is 0. The molecule has 6 heteroatoms. The smallest absolute Gasteiger partial charge is 0.316 e. The number of nitrogens with one attached hydrogen (secondary N) is 1. The van der Waals surface area contributed by atoms with Crippen molar-refractivity contribution in [3.63, 3.8) is 0 Å². The molecule has 0 radical (unpaired) electrons. The minimum Gasteiger partial charge on any atom is -0.465 e. The van der Waals surface area contributed by atoms with Gasteiger partial charge >= 0.3 is 6.03 Å². The van der Waals surface area contributed by atoms with Crippen LogP contribution in [0.5, 0.6) is 0 Å². The van der Waals surface area contributed by atoms with Crippen molar-refractivity contribution < 1.29 is 13.9 Å². The van der Waals surface area contributed by atoms with Gasteiger partial charge in [-0.15, -0.1) is 0 Å². The van der Waals surface area contributed by atoms with Crippen LogP contribution in [-0.2, 0) is 11.3 Å². The van der Waals surface area contributed by atoms with Crippen LogP contribution in [0, 0.1) is 25.7 Å². The second-order valence-electron chi connectivity index (χ2n) is 7.35. The highest BCUT2D eigenvalue weighted by molar-refractivity contribution is 5.73. The zero-order valence-corrected chi connectivity index (χ0v) is 15.2. The molecule has 2 fully saturated rings. The Hall–Kier alpha value is -1.53. The Kier molecular flexibility index (Phi) is 5.15. The lowest BCUT2D eigenvalue weighted by atomic mass is 9.84. The molecule has 2 aliphatic rings. The number of nitrogens with zero attached hydrogens (tertiary/aromatic N) is 2. The maximum Gasteiger partial charge on any atom is 0.316 e. The van der Waals surface area contributed by atoms with Crippen molar-refractivity contribution in [3.05, 3.63) is 23.2 Å². The SMILES string of the molecule is Cc1cc(CN2CC[C@H]3[C@H](CO[C@H]3CNC(=O)N(C)C)C2)oc1C.